The summed E-state index contributed by atoms with van der Waals surface area (Å²) in [5, 5.41) is 9.59. The van der Waals surface area contributed by atoms with Crippen LogP contribution in [-0.2, 0) is 0 Å². The van der Waals surface area contributed by atoms with Gasteiger partial charge in [0.05, 0.1) is 12.7 Å². The molecule has 14 heavy (non-hydrogen) atoms. The molecule has 3 N–H and O–H groups in total. The molecule has 0 spiro atoms. The minimum Gasteiger partial charge on any atom is -0.505 e. The van der Waals surface area contributed by atoms with Crippen LogP contribution in [0.15, 0.2) is 12.1 Å². The Morgan fingerprint density at radius 2 is 2.21 bits per heavy atom. The monoisotopic (exact) mass is 195 g/mol. The van der Waals surface area contributed by atoms with Gasteiger partial charge in [-0.2, -0.15) is 0 Å². The maximum atomic E-state index is 11.3. The summed E-state index contributed by atoms with van der Waals surface area (Å²) >= 11 is 0. The molecule has 76 valence electrons. The van der Waals surface area contributed by atoms with E-state index in [-0.39, 0.29) is 22.8 Å². The van der Waals surface area contributed by atoms with Crippen LogP contribution in [0, 0.1) is 0 Å². The van der Waals surface area contributed by atoms with Crippen molar-refractivity contribution in [3.8, 4) is 11.5 Å². The number of hydrogen-bond acceptors (Lipinski definition) is 4. The minimum absolute atomic E-state index is 0.104. The first-order chi connectivity index (χ1) is 6.61. The highest BCUT2D eigenvalue weighted by Gasteiger charge is 2.14. The molecule has 0 bridgehead atoms. The summed E-state index contributed by atoms with van der Waals surface area (Å²) in [4.78, 5) is 11.3. The largest absolute Gasteiger partial charge is 0.505 e. The molecule has 4 heteroatoms. The van der Waals surface area contributed by atoms with E-state index in [2.05, 4.69) is 0 Å². The molecular weight excluding hydrogens is 182 g/mol. The fourth-order valence-electron chi connectivity index (χ4n) is 1.18. The number of phenolic OH excluding ortho intramolecular Hbond substituents is 1. The van der Waals surface area contributed by atoms with Crippen molar-refractivity contribution in [1.29, 1.82) is 0 Å². The first kappa shape index (κ1) is 10.4. The van der Waals surface area contributed by atoms with Gasteiger partial charge in [0.2, 0.25) is 0 Å². The number of benzene rings is 1. The molecule has 0 aromatic heterocycles. The Morgan fingerprint density at radius 1 is 1.57 bits per heavy atom. The number of hydrogen-bond donors (Lipinski definition) is 2. The summed E-state index contributed by atoms with van der Waals surface area (Å²) in [5.41, 5.74) is 5.90. The van der Waals surface area contributed by atoms with Crippen LogP contribution in [0.4, 0.5) is 5.69 Å². The first-order valence-corrected chi connectivity index (χ1v) is 4.30. The second-order valence-corrected chi connectivity index (χ2v) is 2.85. The van der Waals surface area contributed by atoms with E-state index >= 15 is 0 Å². The van der Waals surface area contributed by atoms with Crippen molar-refractivity contribution in [3.05, 3.63) is 17.7 Å². The zero-order valence-electron chi connectivity index (χ0n) is 8.20. The highest BCUT2D eigenvalue weighted by Crippen LogP contribution is 2.34. The Morgan fingerprint density at radius 3 is 2.71 bits per heavy atom. The summed E-state index contributed by atoms with van der Waals surface area (Å²) in [6.45, 7) is 1.72. The van der Waals surface area contributed by atoms with Crippen molar-refractivity contribution in [2.24, 2.45) is 0 Å². The number of ketones is 1. The van der Waals surface area contributed by atoms with Crippen LogP contribution >= 0.6 is 0 Å². The van der Waals surface area contributed by atoms with Crippen molar-refractivity contribution < 1.29 is 14.6 Å². The SMILES string of the molecule is CCC(=O)c1ccc(OC)c(N)c1O. The molecule has 0 radical (unpaired) electrons. The number of Topliss-reactive ketones (excluding diaryl/α,β-unsaturated/α-hetero) is 1. The van der Waals surface area contributed by atoms with Gasteiger partial charge in [-0.25, -0.2) is 0 Å². The molecule has 0 saturated carbocycles. The maximum Gasteiger partial charge on any atom is 0.166 e. The zero-order chi connectivity index (χ0) is 10.7. The van der Waals surface area contributed by atoms with E-state index in [9.17, 15) is 9.90 Å². The number of carbonyl (C=O) groups excluding carboxylic acids is 1. The van der Waals surface area contributed by atoms with Gasteiger partial charge in [0, 0.05) is 6.42 Å². The standard InChI is InChI=1S/C10H13NO3/c1-3-7(12)6-4-5-8(14-2)9(11)10(6)13/h4-5,13H,3,11H2,1-2H3. The van der Waals surface area contributed by atoms with Crippen molar-refractivity contribution in [2.75, 3.05) is 12.8 Å². The van der Waals surface area contributed by atoms with Crippen LogP contribution in [0.5, 0.6) is 11.5 Å². The van der Waals surface area contributed by atoms with Crippen molar-refractivity contribution in [3.63, 3.8) is 0 Å². The van der Waals surface area contributed by atoms with E-state index in [1.54, 1.807) is 13.0 Å². The first-order valence-electron chi connectivity index (χ1n) is 4.30. The number of methoxy groups -OCH3 is 1. The van der Waals surface area contributed by atoms with Gasteiger partial charge < -0.3 is 15.6 Å². The lowest BCUT2D eigenvalue weighted by Gasteiger charge is -2.09. The molecule has 4 nitrogen and oxygen atoms in total. The molecule has 1 rings (SSSR count). The summed E-state index contributed by atoms with van der Waals surface area (Å²) in [5.74, 6) is 0.0307. The second-order valence-electron chi connectivity index (χ2n) is 2.85. The summed E-state index contributed by atoms with van der Waals surface area (Å²) in [6.07, 6.45) is 0.333. The smallest absolute Gasteiger partial charge is 0.166 e. The Hall–Kier alpha value is -1.71. The van der Waals surface area contributed by atoms with Crippen LogP contribution in [0.3, 0.4) is 0 Å². The molecule has 1 aromatic carbocycles. The minimum atomic E-state index is -0.198. The molecule has 0 atom stereocenters. The van der Waals surface area contributed by atoms with Crippen molar-refractivity contribution >= 4 is 11.5 Å². The molecule has 0 heterocycles. The van der Waals surface area contributed by atoms with Crippen molar-refractivity contribution in [2.45, 2.75) is 13.3 Å². The van der Waals surface area contributed by atoms with Gasteiger partial charge in [0.25, 0.3) is 0 Å². The van der Waals surface area contributed by atoms with Gasteiger partial charge in [-0.3, -0.25) is 4.79 Å². The number of aromatic hydroxyl groups is 1. The predicted molar refractivity (Wildman–Crippen MR) is 53.7 cm³/mol. The Balaban J connectivity index is 3.24. The lowest BCUT2D eigenvalue weighted by atomic mass is 10.1. The zero-order valence-corrected chi connectivity index (χ0v) is 8.20. The summed E-state index contributed by atoms with van der Waals surface area (Å²) in [6, 6.07) is 3.08. The quantitative estimate of drug-likeness (QED) is 0.436. The average Bonchev–Trinajstić information content (AvgIpc) is 2.21. The van der Waals surface area contributed by atoms with Crippen molar-refractivity contribution in [1.82, 2.24) is 0 Å². The molecule has 0 aliphatic rings. The third-order valence-electron chi connectivity index (χ3n) is 2.02. The number of carbonyl (C=O) groups is 1. The predicted octanol–water partition coefficient (Wildman–Crippen LogP) is 1.58. The van der Waals surface area contributed by atoms with E-state index < -0.39 is 0 Å². The molecular formula is C10H13NO3. The number of rotatable bonds is 3. The lowest BCUT2D eigenvalue weighted by Crippen LogP contribution is -2.01. The molecule has 0 aliphatic heterocycles. The highest BCUT2D eigenvalue weighted by molar-refractivity contribution is 6.00. The number of anilines is 1. The normalized spacial score (nSPS) is 9.86. The van der Waals surface area contributed by atoms with E-state index in [0.29, 0.717) is 12.2 Å². The second kappa shape index (κ2) is 4.00. The maximum absolute atomic E-state index is 11.3. The van der Waals surface area contributed by atoms with Gasteiger partial charge in [0.15, 0.2) is 11.5 Å². The van der Waals surface area contributed by atoms with E-state index in [4.69, 9.17) is 10.5 Å². The Kier molecular flexibility index (Phi) is 2.96. The summed E-state index contributed by atoms with van der Waals surface area (Å²) in [7, 11) is 1.45. The van der Waals surface area contributed by atoms with Gasteiger partial charge in [0.1, 0.15) is 11.4 Å². The van der Waals surface area contributed by atoms with E-state index in [0.717, 1.165) is 0 Å². The van der Waals surface area contributed by atoms with Gasteiger partial charge >= 0.3 is 0 Å². The number of ether oxygens (including phenoxy) is 1. The average molecular weight is 195 g/mol. The van der Waals surface area contributed by atoms with Gasteiger partial charge in [-0.15, -0.1) is 0 Å². The molecule has 1 aromatic rings. The Bertz CT molecular complexity index is 361. The number of phenols is 1. The topological polar surface area (TPSA) is 72.5 Å². The lowest BCUT2D eigenvalue weighted by molar-refractivity contribution is 0.0985. The molecule has 0 fully saturated rings. The van der Waals surface area contributed by atoms with E-state index in [1.165, 1.54) is 13.2 Å². The van der Waals surface area contributed by atoms with Crippen LogP contribution < -0.4 is 10.5 Å². The molecule has 0 unspecified atom stereocenters. The van der Waals surface area contributed by atoms with Crippen LogP contribution in [-0.4, -0.2) is 18.0 Å². The number of nitrogen functional groups attached to an aromatic ring is 1. The van der Waals surface area contributed by atoms with Gasteiger partial charge in [-0.05, 0) is 12.1 Å². The molecule has 0 saturated heterocycles. The Labute approximate surface area is 82.3 Å². The third-order valence-corrected chi connectivity index (χ3v) is 2.02. The van der Waals surface area contributed by atoms with Crippen LogP contribution in [0.25, 0.3) is 0 Å². The van der Waals surface area contributed by atoms with Crippen LogP contribution in [0.1, 0.15) is 23.7 Å². The number of nitrogens with two attached hydrogens (primary N) is 1. The third kappa shape index (κ3) is 1.64. The fraction of sp³-hybridized carbons (Fsp3) is 0.300. The van der Waals surface area contributed by atoms with E-state index in [1.807, 2.05) is 0 Å². The molecule has 0 amide bonds. The highest BCUT2D eigenvalue weighted by atomic mass is 16.5. The molecule has 0 aliphatic carbocycles. The van der Waals surface area contributed by atoms with Gasteiger partial charge in [-0.1, -0.05) is 6.92 Å². The fourth-order valence-corrected chi connectivity index (χ4v) is 1.18. The summed E-state index contributed by atoms with van der Waals surface area (Å²) < 4.78 is 4.90. The van der Waals surface area contributed by atoms with Crippen LogP contribution in [0.2, 0.25) is 0 Å².